The number of anilines is 2. The quantitative estimate of drug-likeness (QED) is 0.371. The summed E-state index contributed by atoms with van der Waals surface area (Å²) in [6.45, 7) is 3.81. The van der Waals surface area contributed by atoms with Crippen molar-refractivity contribution in [2.24, 2.45) is 0 Å². The monoisotopic (exact) mass is 431 g/mol. The Labute approximate surface area is 170 Å². The molecule has 27 heavy (non-hydrogen) atoms. The number of rotatable bonds is 7. The van der Waals surface area contributed by atoms with Gasteiger partial charge in [-0.15, -0.1) is 0 Å². The van der Waals surface area contributed by atoms with Crippen molar-refractivity contribution in [3.05, 3.63) is 65.1 Å². The zero-order valence-corrected chi connectivity index (χ0v) is 16.7. The molecule has 144 valence electrons. The van der Waals surface area contributed by atoms with Crippen LogP contribution in [0.1, 0.15) is 38.2 Å². The fourth-order valence-corrected chi connectivity index (χ4v) is 3.69. The van der Waals surface area contributed by atoms with Crippen LogP contribution in [0.5, 0.6) is 0 Å². The average Bonchev–Trinajstić information content (AvgIpc) is 2.57. The summed E-state index contributed by atoms with van der Waals surface area (Å²) in [5.41, 5.74) is 0.0323. The molecular formula is C17H16Cl3N3O4. The zero-order valence-electron chi connectivity index (χ0n) is 14.5. The van der Waals surface area contributed by atoms with E-state index in [1.54, 1.807) is 0 Å². The van der Waals surface area contributed by atoms with E-state index in [4.69, 9.17) is 34.8 Å². The number of nitrogens with one attached hydrogen (secondary N) is 1. The molecule has 2 aromatic carbocycles. The molecule has 1 N–H and O–H groups in total. The predicted octanol–water partition coefficient (Wildman–Crippen LogP) is 7.11. The van der Waals surface area contributed by atoms with E-state index in [0.29, 0.717) is 17.0 Å². The van der Waals surface area contributed by atoms with Gasteiger partial charge in [0.25, 0.3) is 11.4 Å². The standard InChI is InChI=1S/C17H16Cl3N3O4/c1-3-4-9(2)12-7-11(22(24)25)8-15(23(26)27)16(12)21-17-13(19)5-10(18)6-14(17)20/h5-9,21H,3-4H2,1-2H3. The zero-order chi connectivity index (χ0) is 20.3. The van der Waals surface area contributed by atoms with E-state index in [1.807, 2.05) is 13.8 Å². The average molecular weight is 433 g/mol. The third-order valence-corrected chi connectivity index (χ3v) is 4.86. The van der Waals surface area contributed by atoms with Crippen LogP contribution in [0.25, 0.3) is 0 Å². The molecule has 2 aromatic rings. The van der Waals surface area contributed by atoms with Crippen molar-refractivity contribution in [3.63, 3.8) is 0 Å². The van der Waals surface area contributed by atoms with E-state index < -0.39 is 15.5 Å². The summed E-state index contributed by atoms with van der Waals surface area (Å²) in [6, 6.07) is 5.16. The smallest absolute Gasteiger partial charge is 0.299 e. The van der Waals surface area contributed by atoms with Gasteiger partial charge in [-0.05, 0) is 30.0 Å². The third-order valence-electron chi connectivity index (χ3n) is 4.05. The fraction of sp³-hybridized carbons (Fsp3) is 0.294. The van der Waals surface area contributed by atoms with E-state index in [-0.39, 0.29) is 33.0 Å². The predicted molar refractivity (Wildman–Crippen MR) is 108 cm³/mol. The summed E-state index contributed by atoms with van der Waals surface area (Å²) in [4.78, 5) is 21.5. The van der Waals surface area contributed by atoms with Crippen LogP contribution >= 0.6 is 34.8 Å². The van der Waals surface area contributed by atoms with Crippen molar-refractivity contribution in [2.75, 3.05) is 5.32 Å². The highest BCUT2D eigenvalue weighted by Crippen LogP contribution is 2.43. The second kappa shape index (κ2) is 8.73. The molecule has 0 bridgehead atoms. The molecule has 7 nitrogen and oxygen atoms in total. The van der Waals surface area contributed by atoms with Crippen molar-refractivity contribution in [1.29, 1.82) is 0 Å². The Hall–Kier alpha value is -2.09. The Kier molecular flexibility index (Phi) is 6.86. The molecule has 10 heteroatoms. The van der Waals surface area contributed by atoms with Crippen LogP contribution in [-0.4, -0.2) is 9.85 Å². The van der Waals surface area contributed by atoms with E-state index in [0.717, 1.165) is 12.5 Å². The lowest BCUT2D eigenvalue weighted by molar-refractivity contribution is -0.393. The molecule has 0 saturated carbocycles. The van der Waals surface area contributed by atoms with Gasteiger partial charge in [0.2, 0.25) is 0 Å². The lowest BCUT2D eigenvalue weighted by atomic mass is 9.93. The van der Waals surface area contributed by atoms with Crippen LogP contribution in [0.4, 0.5) is 22.7 Å². The van der Waals surface area contributed by atoms with Crippen LogP contribution in [-0.2, 0) is 0 Å². The maximum atomic E-state index is 11.6. The first-order valence-electron chi connectivity index (χ1n) is 8.04. The van der Waals surface area contributed by atoms with Gasteiger partial charge in [-0.2, -0.15) is 0 Å². The SMILES string of the molecule is CCCC(C)c1cc([N+](=O)[O-])cc([N+](=O)[O-])c1Nc1c(Cl)cc(Cl)cc1Cl. The minimum Gasteiger partial charge on any atom is -0.347 e. The van der Waals surface area contributed by atoms with Crippen LogP contribution in [0, 0.1) is 20.2 Å². The minimum atomic E-state index is -0.671. The number of hydrogen-bond donors (Lipinski definition) is 1. The molecule has 0 amide bonds. The van der Waals surface area contributed by atoms with Gasteiger partial charge in [0.1, 0.15) is 5.69 Å². The lowest BCUT2D eigenvalue weighted by Crippen LogP contribution is -2.06. The van der Waals surface area contributed by atoms with Gasteiger partial charge < -0.3 is 5.32 Å². The minimum absolute atomic E-state index is 0.123. The Morgan fingerprint density at radius 1 is 1.00 bits per heavy atom. The first-order chi connectivity index (χ1) is 12.6. The Bertz CT molecular complexity index is 882. The van der Waals surface area contributed by atoms with Crippen LogP contribution in [0.2, 0.25) is 15.1 Å². The number of halogens is 3. The van der Waals surface area contributed by atoms with Crippen LogP contribution in [0.3, 0.4) is 0 Å². The molecule has 0 aromatic heterocycles. The molecule has 2 rings (SSSR count). The summed E-state index contributed by atoms with van der Waals surface area (Å²) in [5.74, 6) is -0.166. The van der Waals surface area contributed by atoms with Gasteiger partial charge in [-0.3, -0.25) is 20.2 Å². The Morgan fingerprint density at radius 3 is 2.07 bits per heavy atom. The van der Waals surface area contributed by atoms with E-state index in [2.05, 4.69) is 5.32 Å². The van der Waals surface area contributed by atoms with Crippen molar-refractivity contribution in [1.82, 2.24) is 0 Å². The molecule has 0 aliphatic heterocycles. The van der Waals surface area contributed by atoms with Crippen LogP contribution in [0.15, 0.2) is 24.3 Å². The molecule has 1 atom stereocenters. The third kappa shape index (κ3) is 4.80. The van der Waals surface area contributed by atoms with Gasteiger partial charge in [0, 0.05) is 11.1 Å². The van der Waals surface area contributed by atoms with Gasteiger partial charge >= 0.3 is 0 Å². The number of nitro benzene ring substituents is 2. The summed E-state index contributed by atoms with van der Waals surface area (Å²) in [6.07, 6.45) is 1.49. The van der Waals surface area contributed by atoms with Gasteiger partial charge in [0.05, 0.1) is 31.6 Å². The van der Waals surface area contributed by atoms with Crippen molar-refractivity contribution in [2.45, 2.75) is 32.6 Å². The van der Waals surface area contributed by atoms with Gasteiger partial charge in [-0.25, -0.2) is 0 Å². The highest BCUT2D eigenvalue weighted by molar-refractivity contribution is 6.41. The number of nitrogens with zero attached hydrogens (tertiary/aromatic N) is 2. The highest BCUT2D eigenvalue weighted by Gasteiger charge is 2.27. The van der Waals surface area contributed by atoms with E-state index >= 15 is 0 Å². The molecule has 0 saturated heterocycles. The highest BCUT2D eigenvalue weighted by atomic mass is 35.5. The van der Waals surface area contributed by atoms with Crippen molar-refractivity contribution >= 4 is 57.6 Å². The largest absolute Gasteiger partial charge is 0.347 e. The molecule has 1 unspecified atom stereocenters. The summed E-state index contributed by atoms with van der Waals surface area (Å²) in [7, 11) is 0. The summed E-state index contributed by atoms with van der Waals surface area (Å²) in [5, 5.41) is 26.4. The Morgan fingerprint density at radius 2 is 1.59 bits per heavy atom. The summed E-state index contributed by atoms with van der Waals surface area (Å²) >= 11 is 18.3. The molecule has 0 spiro atoms. The molecule has 0 aliphatic carbocycles. The second-order valence-electron chi connectivity index (χ2n) is 6.00. The normalized spacial score (nSPS) is 11.9. The van der Waals surface area contributed by atoms with Crippen LogP contribution < -0.4 is 5.32 Å². The number of hydrogen-bond acceptors (Lipinski definition) is 5. The number of non-ortho nitro benzene ring substituents is 1. The fourth-order valence-electron chi connectivity index (χ4n) is 2.78. The van der Waals surface area contributed by atoms with Crippen molar-refractivity contribution in [3.8, 4) is 0 Å². The Balaban J connectivity index is 2.72. The number of nitro groups is 2. The molecule has 0 fully saturated rings. The van der Waals surface area contributed by atoms with E-state index in [9.17, 15) is 20.2 Å². The first kappa shape index (κ1) is 21.2. The van der Waals surface area contributed by atoms with E-state index in [1.165, 1.54) is 18.2 Å². The van der Waals surface area contributed by atoms with Crippen molar-refractivity contribution < 1.29 is 9.85 Å². The molecule has 0 heterocycles. The molecule has 0 aliphatic rings. The van der Waals surface area contributed by atoms with Gasteiger partial charge in [0.15, 0.2) is 0 Å². The maximum absolute atomic E-state index is 11.6. The topological polar surface area (TPSA) is 98.3 Å². The maximum Gasteiger partial charge on any atom is 0.299 e. The van der Waals surface area contributed by atoms with Gasteiger partial charge in [-0.1, -0.05) is 55.1 Å². The lowest BCUT2D eigenvalue weighted by Gasteiger charge is -2.18. The first-order valence-corrected chi connectivity index (χ1v) is 9.17. The second-order valence-corrected chi connectivity index (χ2v) is 7.25. The number of benzene rings is 2. The molecule has 0 radical (unpaired) electrons. The summed E-state index contributed by atoms with van der Waals surface area (Å²) < 4.78 is 0. The molecular weight excluding hydrogens is 417 g/mol.